The van der Waals surface area contributed by atoms with Crippen LogP contribution < -0.4 is 0 Å². The summed E-state index contributed by atoms with van der Waals surface area (Å²) in [5, 5.41) is 22.7. The molecule has 0 aromatic rings. The lowest BCUT2D eigenvalue weighted by Crippen LogP contribution is -2.61. The number of fused-ring (bicyclic) bond motifs is 5. The molecular formula is C22H30O7S. The van der Waals surface area contributed by atoms with Gasteiger partial charge in [-0.05, 0) is 56.1 Å². The number of hydrogen-bond acceptors (Lipinski definition) is 7. The second-order valence-electron chi connectivity index (χ2n) is 10.0. The normalized spacial score (nSPS) is 45.4. The largest absolute Gasteiger partial charge is 0.393 e. The lowest BCUT2D eigenvalue weighted by atomic mass is 9.46. The van der Waals surface area contributed by atoms with Crippen LogP contribution in [0, 0.1) is 28.6 Å². The van der Waals surface area contributed by atoms with Crippen LogP contribution in [0.1, 0.15) is 46.0 Å². The maximum atomic E-state index is 12.9. The number of ketones is 2. The van der Waals surface area contributed by atoms with Crippen LogP contribution in [0.2, 0.25) is 0 Å². The zero-order chi connectivity index (χ0) is 22.1. The van der Waals surface area contributed by atoms with Gasteiger partial charge in [0.1, 0.15) is 12.2 Å². The molecule has 0 radical (unpaired) electrons. The summed E-state index contributed by atoms with van der Waals surface area (Å²) in [7, 11) is -3.80. The van der Waals surface area contributed by atoms with Gasteiger partial charge in [-0.25, -0.2) is 0 Å². The highest BCUT2D eigenvalue weighted by Crippen LogP contribution is 2.67. The number of Topliss-reactive ketones (excluding diaryl/α,β-unsaturated/α-hetero) is 1. The highest BCUT2D eigenvalue weighted by atomic mass is 32.2. The van der Waals surface area contributed by atoms with Crippen molar-refractivity contribution in [3.8, 4) is 0 Å². The fourth-order valence-electron chi connectivity index (χ4n) is 7.07. The van der Waals surface area contributed by atoms with E-state index in [2.05, 4.69) is 11.1 Å². The third-order valence-corrected chi connectivity index (χ3v) is 9.06. The SMILES string of the molecule is C[C@]12C=CC(=O)C=C1CCC1C2C(O)C[C@@]2(C)C1CC[C@]2(O)C(=O)COS(C)(=O)=O. The molecule has 4 aliphatic carbocycles. The molecule has 3 saturated carbocycles. The van der Waals surface area contributed by atoms with Crippen molar-refractivity contribution in [3.63, 3.8) is 0 Å². The molecule has 30 heavy (non-hydrogen) atoms. The Morgan fingerprint density at radius 1 is 1.30 bits per heavy atom. The van der Waals surface area contributed by atoms with Gasteiger partial charge in [-0.2, -0.15) is 8.42 Å². The van der Waals surface area contributed by atoms with Gasteiger partial charge in [0.15, 0.2) is 11.6 Å². The quantitative estimate of drug-likeness (QED) is 0.639. The monoisotopic (exact) mass is 438 g/mol. The van der Waals surface area contributed by atoms with Crippen molar-refractivity contribution in [2.75, 3.05) is 12.9 Å². The average Bonchev–Trinajstić information content (AvgIpc) is 2.91. The maximum absolute atomic E-state index is 12.9. The molecule has 4 unspecified atom stereocenters. The topological polar surface area (TPSA) is 118 Å². The molecule has 0 aromatic carbocycles. The Labute approximate surface area is 177 Å². The van der Waals surface area contributed by atoms with Gasteiger partial charge in [-0.15, -0.1) is 0 Å². The first-order valence-electron chi connectivity index (χ1n) is 10.5. The van der Waals surface area contributed by atoms with Crippen LogP contribution >= 0.6 is 0 Å². The molecule has 0 aromatic heterocycles. The predicted octanol–water partition coefficient (Wildman–Crippen LogP) is 1.54. The summed E-state index contributed by atoms with van der Waals surface area (Å²) in [5.41, 5.74) is -1.97. The summed E-state index contributed by atoms with van der Waals surface area (Å²) >= 11 is 0. The lowest BCUT2D eigenvalue weighted by Gasteiger charge is -2.59. The van der Waals surface area contributed by atoms with Gasteiger partial charge in [0, 0.05) is 16.7 Å². The Hall–Kier alpha value is -1.35. The fraction of sp³-hybridized carbons (Fsp3) is 0.727. The summed E-state index contributed by atoms with van der Waals surface area (Å²) in [6.07, 6.45) is 7.92. The van der Waals surface area contributed by atoms with Crippen molar-refractivity contribution in [1.82, 2.24) is 0 Å². The molecule has 2 N–H and O–H groups in total. The van der Waals surface area contributed by atoms with Crippen molar-refractivity contribution in [2.45, 2.75) is 57.7 Å². The van der Waals surface area contributed by atoms with Crippen LogP contribution in [0.3, 0.4) is 0 Å². The van der Waals surface area contributed by atoms with E-state index in [1.165, 1.54) is 0 Å². The number of aliphatic hydroxyl groups is 2. The number of carbonyl (C=O) groups excluding carboxylic acids is 2. The van der Waals surface area contributed by atoms with E-state index in [4.69, 9.17) is 0 Å². The first kappa shape index (κ1) is 21.9. The van der Waals surface area contributed by atoms with Crippen LogP contribution in [-0.2, 0) is 23.9 Å². The van der Waals surface area contributed by atoms with Gasteiger partial charge >= 0.3 is 0 Å². The number of rotatable bonds is 4. The van der Waals surface area contributed by atoms with Gasteiger partial charge in [0.2, 0.25) is 0 Å². The average molecular weight is 439 g/mol. The van der Waals surface area contributed by atoms with Crippen molar-refractivity contribution in [3.05, 3.63) is 23.8 Å². The highest BCUT2D eigenvalue weighted by molar-refractivity contribution is 7.86. The minimum absolute atomic E-state index is 0.0162. The summed E-state index contributed by atoms with van der Waals surface area (Å²) in [6, 6.07) is 0. The number of hydrogen-bond donors (Lipinski definition) is 2. The highest BCUT2D eigenvalue weighted by Gasteiger charge is 2.68. The third kappa shape index (κ3) is 3.06. The fourth-order valence-corrected chi connectivity index (χ4v) is 7.39. The van der Waals surface area contributed by atoms with Crippen LogP contribution in [-0.4, -0.2) is 54.8 Å². The van der Waals surface area contributed by atoms with Gasteiger partial charge in [-0.3, -0.25) is 13.8 Å². The van der Waals surface area contributed by atoms with E-state index < -0.39 is 45.0 Å². The number of carbonyl (C=O) groups is 2. The minimum atomic E-state index is -3.80. The molecule has 0 aliphatic heterocycles. The summed E-state index contributed by atoms with van der Waals surface area (Å²) < 4.78 is 27.3. The lowest BCUT2D eigenvalue weighted by molar-refractivity contribution is -0.177. The van der Waals surface area contributed by atoms with Crippen LogP contribution in [0.4, 0.5) is 0 Å². The van der Waals surface area contributed by atoms with Crippen molar-refractivity contribution >= 4 is 21.7 Å². The molecule has 166 valence electrons. The molecule has 7 nitrogen and oxygen atoms in total. The van der Waals surface area contributed by atoms with Crippen LogP contribution in [0.15, 0.2) is 23.8 Å². The van der Waals surface area contributed by atoms with Crippen LogP contribution in [0.5, 0.6) is 0 Å². The number of aliphatic hydroxyl groups excluding tert-OH is 1. The Balaban J connectivity index is 1.66. The maximum Gasteiger partial charge on any atom is 0.264 e. The number of allylic oxidation sites excluding steroid dienone is 4. The molecule has 8 heteroatoms. The van der Waals surface area contributed by atoms with E-state index in [0.29, 0.717) is 6.42 Å². The Morgan fingerprint density at radius 3 is 2.67 bits per heavy atom. The van der Waals surface area contributed by atoms with Gasteiger partial charge in [0.05, 0.1) is 12.4 Å². The smallest absolute Gasteiger partial charge is 0.264 e. The summed E-state index contributed by atoms with van der Waals surface area (Å²) in [4.78, 5) is 24.8. The zero-order valence-corrected chi connectivity index (χ0v) is 18.4. The first-order valence-corrected chi connectivity index (χ1v) is 12.4. The van der Waals surface area contributed by atoms with Crippen LogP contribution in [0.25, 0.3) is 0 Å². The standard InChI is InChI=1S/C22H30O7S/c1-20-8-6-14(23)10-13(20)4-5-15-16-7-9-22(26,18(25)12-29-30(3,27)28)21(16,2)11-17(24)19(15)20/h6,8,10,15-17,19,24,26H,4-5,7,9,11-12H2,1-3H3/t15?,16?,17?,19?,20-,21-,22-/m0/s1. The second-order valence-corrected chi connectivity index (χ2v) is 11.6. The molecule has 0 amide bonds. The summed E-state index contributed by atoms with van der Waals surface area (Å²) in [5.74, 6) is -0.652. The molecular weight excluding hydrogens is 408 g/mol. The summed E-state index contributed by atoms with van der Waals surface area (Å²) in [6.45, 7) is 3.21. The van der Waals surface area contributed by atoms with E-state index >= 15 is 0 Å². The third-order valence-electron chi connectivity index (χ3n) is 8.51. The van der Waals surface area contributed by atoms with Gasteiger partial charge in [0.25, 0.3) is 10.1 Å². The molecule has 7 atom stereocenters. The molecule has 0 saturated heterocycles. The molecule has 4 rings (SSSR count). The van der Waals surface area contributed by atoms with Crippen molar-refractivity contribution in [2.24, 2.45) is 28.6 Å². The van der Waals surface area contributed by atoms with Crippen molar-refractivity contribution < 1.29 is 32.4 Å². The Morgan fingerprint density at radius 2 is 2.00 bits per heavy atom. The van der Waals surface area contributed by atoms with Gasteiger partial charge < -0.3 is 10.2 Å². The molecule has 0 spiro atoms. The zero-order valence-electron chi connectivity index (χ0n) is 17.6. The molecule has 4 aliphatic rings. The van der Waals surface area contributed by atoms with E-state index in [0.717, 1.165) is 24.7 Å². The van der Waals surface area contributed by atoms with E-state index in [-0.39, 0.29) is 36.4 Å². The molecule has 3 fully saturated rings. The Kier molecular flexibility index (Phi) is 4.97. The Bertz CT molecular complexity index is 951. The first-order chi connectivity index (χ1) is 13.8. The molecule has 0 heterocycles. The predicted molar refractivity (Wildman–Crippen MR) is 109 cm³/mol. The van der Waals surface area contributed by atoms with E-state index in [1.807, 2.05) is 13.0 Å². The molecule has 0 bridgehead atoms. The van der Waals surface area contributed by atoms with E-state index in [1.54, 1.807) is 12.2 Å². The van der Waals surface area contributed by atoms with E-state index in [9.17, 15) is 28.2 Å². The second kappa shape index (κ2) is 6.82. The minimum Gasteiger partial charge on any atom is -0.393 e. The van der Waals surface area contributed by atoms with Gasteiger partial charge in [-0.1, -0.05) is 25.5 Å². The van der Waals surface area contributed by atoms with Crippen molar-refractivity contribution in [1.29, 1.82) is 0 Å².